The second-order valence-corrected chi connectivity index (χ2v) is 6.06. The molecule has 0 heterocycles. The van der Waals surface area contributed by atoms with Crippen molar-refractivity contribution in [2.24, 2.45) is 4.36 Å². The predicted molar refractivity (Wildman–Crippen MR) is 49.3 cm³/mol. The molecule has 0 bridgehead atoms. The highest BCUT2D eigenvalue weighted by atomic mass is 32.2. The average Bonchev–Trinajstić information content (AvgIpc) is 2.55. The van der Waals surface area contributed by atoms with E-state index in [4.69, 9.17) is 0 Å². The van der Waals surface area contributed by atoms with Gasteiger partial charge in [0.15, 0.2) is 0 Å². The van der Waals surface area contributed by atoms with Crippen LogP contribution in [0.3, 0.4) is 0 Å². The summed E-state index contributed by atoms with van der Waals surface area (Å²) in [5.74, 6) is 0.730. The van der Waals surface area contributed by atoms with Crippen molar-refractivity contribution < 1.29 is 4.21 Å². The fourth-order valence-electron chi connectivity index (χ4n) is 1.77. The van der Waals surface area contributed by atoms with E-state index < -0.39 is 9.73 Å². The molecule has 0 aromatic carbocycles. The third kappa shape index (κ3) is 1.75. The van der Waals surface area contributed by atoms with E-state index in [0.717, 1.165) is 18.6 Å². The first kappa shape index (κ1) is 9.04. The Morgan fingerprint density at radius 2 is 2.00 bits per heavy atom. The van der Waals surface area contributed by atoms with Crippen molar-refractivity contribution in [1.29, 1.82) is 0 Å². The molecule has 2 nitrogen and oxygen atoms in total. The molecule has 1 rings (SSSR count). The first-order valence-electron chi connectivity index (χ1n) is 4.34. The molecule has 0 saturated heterocycles. The van der Waals surface area contributed by atoms with Gasteiger partial charge in [0.2, 0.25) is 0 Å². The molecule has 0 N–H and O–H groups in total. The van der Waals surface area contributed by atoms with Crippen molar-refractivity contribution in [3.8, 4) is 0 Å². The summed E-state index contributed by atoms with van der Waals surface area (Å²) in [6.07, 6.45) is 4.75. The minimum absolute atomic E-state index is 0.400. The molecule has 1 fully saturated rings. The van der Waals surface area contributed by atoms with Gasteiger partial charge in [-0.1, -0.05) is 19.8 Å². The third-order valence-corrected chi connectivity index (χ3v) is 5.50. The van der Waals surface area contributed by atoms with E-state index in [-0.39, 0.29) is 0 Å². The van der Waals surface area contributed by atoms with Gasteiger partial charge in [0, 0.05) is 27.8 Å². The fourth-order valence-corrected chi connectivity index (χ4v) is 3.87. The van der Waals surface area contributed by atoms with Crippen LogP contribution in [-0.2, 0) is 9.73 Å². The van der Waals surface area contributed by atoms with Crippen LogP contribution in [0.2, 0.25) is 0 Å². The van der Waals surface area contributed by atoms with Crippen LogP contribution < -0.4 is 0 Å². The van der Waals surface area contributed by atoms with E-state index in [1.807, 2.05) is 6.92 Å². The predicted octanol–water partition coefficient (Wildman–Crippen LogP) is 2.05. The molecule has 1 unspecified atom stereocenters. The maximum atomic E-state index is 12.0. The highest BCUT2D eigenvalue weighted by Gasteiger charge is 2.24. The molecule has 0 amide bonds. The SMILES string of the molecule is CCS(=O)(=NC)C1CCCC1. The summed E-state index contributed by atoms with van der Waals surface area (Å²) in [5, 5.41) is 0.400. The molecule has 1 atom stereocenters. The van der Waals surface area contributed by atoms with Crippen LogP contribution in [0.4, 0.5) is 0 Å². The summed E-state index contributed by atoms with van der Waals surface area (Å²) >= 11 is 0. The molecule has 0 aromatic rings. The molecule has 11 heavy (non-hydrogen) atoms. The summed E-state index contributed by atoms with van der Waals surface area (Å²) in [4.78, 5) is 0. The molecule has 0 spiro atoms. The highest BCUT2D eigenvalue weighted by molar-refractivity contribution is 7.94. The van der Waals surface area contributed by atoms with Crippen molar-refractivity contribution >= 4 is 9.73 Å². The van der Waals surface area contributed by atoms with Gasteiger partial charge in [0.1, 0.15) is 0 Å². The minimum atomic E-state index is -1.82. The van der Waals surface area contributed by atoms with Crippen LogP contribution >= 0.6 is 0 Å². The van der Waals surface area contributed by atoms with E-state index in [1.54, 1.807) is 7.05 Å². The van der Waals surface area contributed by atoms with Gasteiger partial charge in [0.05, 0.1) is 0 Å². The van der Waals surface area contributed by atoms with Crippen molar-refractivity contribution in [2.75, 3.05) is 12.8 Å². The summed E-state index contributed by atoms with van der Waals surface area (Å²) in [6.45, 7) is 1.98. The van der Waals surface area contributed by atoms with Crippen LogP contribution in [0.25, 0.3) is 0 Å². The Labute approximate surface area is 69.6 Å². The first-order valence-corrected chi connectivity index (χ1v) is 6.09. The Hall–Kier alpha value is -0.0500. The minimum Gasteiger partial charge on any atom is -0.250 e. The van der Waals surface area contributed by atoms with Crippen molar-refractivity contribution in [1.82, 2.24) is 0 Å². The summed E-state index contributed by atoms with van der Waals surface area (Å²) in [6, 6.07) is 0. The van der Waals surface area contributed by atoms with Gasteiger partial charge in [-0.25, -0.2) is 8.57 Å². The standard InChI is InChI=1S/C8H17NOS/c1-3-11(10,9-2)8-6-4-5-7-8/h8H,3-7H2,1-2H3. The van der Waals surface area contributed by atoms with Gasteiger partial charge in [0.25, 0.3) is 0 Å². The Kier molecular flexibility index (Phi) is 2.93. The smallest absolute Gasteiger partial charge is 0.0491 e. The van der Waals surface area contributed by atoms with Gasteiger partial charge in [-0.2, -0.15) is 0 Å². The Morgan fingerprint density at radius 3 is 2.36 bits per heavy atom. The molecular weight excluding hydrogens is 158 g/mol. The van der Waals surface area contributed by atoms with E-state index in [0.29, 0.717) is 5.25 Å². The average molecular weight is 175 g/mol. The molecule has 0 aliphatic heterocycles. The lowest BCUT2D eigenvalue weighted by atomic mass is 10.4. The largest absolute Gasteiger partial charge is 0.250 e. The lowest BCUT2D eigenvalue weighted by Crippen LogP contribution is -2.19. The quantitative estimate of drug-likeness (QED) is 0.631. The van der Waals surface area contributed by atoms with Gasteiger partial charge >= 0.3 is 0 Å². The zero-order valence-electron chi connectivity index (χ0n) is 7.38. The van der Waals surface area contributed by atoms with E-state index in [9.17, 15) is 4.21 Å². The molecule has 3 heteroatoms. The van der Waals surface area contributed by atoms with Crippen LogP contribution in [-0.4, -0.2) is 22.3 Å². The maximum absolute atomic E-state index is 12.0. The van der Waals surface area contributed by atoms with E-state index >= 15 is 0 Å². The topological polar surface area (TPSA) is 29.4 Å². The number of hydrogen-bond donors (Lipinski definition) is 0. The third-order valence-electron chi connectivity index (χ3n) is 2.55. The second kappa shape index (κ2) is 3.57. The fraction of sp³-hybridized carbons (Fsp3) is 1.00. The van der Waals surface area contributed by atoms with Crippen molar-refractivity contribution in [3.63, 3.8) is 0 Å². The Balaban J connectivity index is 2.78. The molecule has 66 valence electrons. The Morgan fingerprint density at radius 1 is 1.45 bits per heavy atom. The molecule has 0 radical (unpaired) electrons. The van der Waals surface area contributed by atoms with Crippen LogP contribution in [0, 0.1) is 0 Å². The van der Waals surface area contributed by atoms with Crippen molar-refractivity contribution in [2.45, 2.75) is 37.9 Å². The van der Waals surface area contributed by atoms with E-state index in [1.165, 1.54) is 12.8 Å². The Bertz CT molecular complexity index is 222. The number of hydrogen-bond acceptors (Lipinski definition) is 2. The van der Waals surface area contributed by atoms with E-state index in [2.05, 4.69) is 4.36 Å². The molecule has 1 aliphatic rings. The summed E-state index contributed by atoms with van der Waals surface area (Å²) in [5.41, 5.74) is 0. The molecule has 0 aromatic heterocycles. The number of rotatable bonds is 2. The zero-order valence-corrected chi connectivity index (χ0v) is 8.19. The molecule has 1 aliphatic carbocycles. The maximum Gasteiger partial charge on any atom is 0.0491 e. The van der Waals surface area contributed by atoms with Crippen molar-refractivity contribution in [3.05, 3.63) is 0 Å². The van der Waals surface area contributed by atoms with Crippen LogP contribution in [0.5, 0.6) is 0 Å². The summed E-state index contributed by atoms with van der Waals surface area (Å²) in [7, 11) is -0.120. The summed E-state index contributed by atoms with van der Waals surface area (Å²) < 4.78 is 16.0. The second-order valence-electron chi connectivity index (χ2n) is 3.07. The monoisotopic (exact) mass is 175 g/mol. The molecule has 1 saturated carbocycles. The molecular formula is C8H17NOS. The highest BCUT2D eigenvalue weighted by Crippen LogP contribution is 2.26. The van der Waals surface area contributed by atoms with Gasteiger partial charge in [-0.05, 0) is 12.8 Å². The lowest BCUT2D eigenvalue weighted by Gasteiger charge is -2.13. The number of nitrogens with zero attached hydrogens (tertiary/aromatic N) is 1. The van der Waals surface area contributed by atoms with Gasteiger partial charge < -0.3 is 0 Å². The van der Waals surface area contributed by atoms with Gasteiger partial charge in [-0.3, -0.25) is 0 Å². The van der Waals surface area contributed by atoms with Crippen LogP contribution in [0.15, 0.2) is 4.36 Å². The normalized spacial score (nSPS) is 24.9. The zero-order chi connectivity index (χ0) is 8.32. The first-order chi connectivity index (χ1) is 5.23. The van der Waals surface area contributed by atoms with Crippen LogP contribution in [0.1, 0.15) is 32.6 Å². The lowest BCUT2D eigenvalue weighted by molar-refractivity contribution is 0.661. The van der Waals surface area contributed by atoms with Gasteiger partial charge in [-0.15, -0.1) is 0 Å².